The Morgan fingerprint density at radius 2 is 1.90 bits per heavy atom. The first-order valence-electron chi connectivity index (χ1n) is 10.5. The summed E-state index contributed by atoms with van der Waals surface area (Å²) in [6.45, 7) is 0.359. The molecule has 3 aromatic rings. The lowest BCUT2D eigenvalue weighted by molar-refractivity contribution is 0.102. The highest BCUT2D eigenvalue weighted by Gasteiger charge is 2.19. The summed E-state index contributed by atoms with van der Waals surface area (Å²) < 4.78 is 17.3. The number of pyridine rings is 1. The molecule has 0 spiro atoms. The van der Waals surface area contributed by atoms with Crippen molar-refractivity contribution in [1.82, 2.24) is 4.98 Å². The monoisotopic (exact) mass is 418 g/mol. The van der Waals surface area contributed by atoms with Crippen molar-refractivity contribution in [3.63, 3.8) is 0 Å². The number of nitrogens with one attached hydrogen (secondary N) is 1. The maximum Gasteiger partial charge on any atom is 0.255 e. The van der Waals surface area contributed by atoms with E-state index < -0.39 is 0 Å². The Bertz CT molecular complexity index is 1020. The van der Waals surface area contributed by atoms with E-state index in [0.29, 0.717) is 35.1 Å². The van der Waals surface area contributed by atoms with Crippen molar-refractivity contribution in [2.75, 3.05) is 12.4 Å². The molecule has 6 nitrogen and oxygen atoms in total. The fourth-order valence-electron chi connectivity index (χ4n) is 3.60. The molecule has 1 saturated carbocycles. The Balaban J connectivity index is 1.40. The SMILES string of the molecule is COc1cc(C(=O)Nc2cccc(OCc3ccccn3)c2)ccc1OC1CCCC1. The molecular formula is C25H26N2O4. The van der Waals surface area contributed by atoms with Crippen molar-refractivity contribution >= 4 is 11.6 Å². The number of hydrogen-bond donors (Lipinski definition) is 1. The first kappa shape index (κ1) is 20.7. The van der Waals surface area contributed by atoms with Crippen LogP contribution in [0.4, 0.5) is 5.69 Å². The molecule has 0 aliphatic heterocycles. The number of methoxy groups -OCH3 is 1. The first-order valence-corrected chi connectivity index (χ1v) is 10.5. The van der Waals surface area contributed by atoms with Gasteiger partial charge in [-0.15, -0.1) is 0 Å². The van der Waals surface area contributed by atoms with E-state index in [0.717, 1.165) is 18.5 Å². The number of amides is 1. The first-order chi connectivity index (χ1) is 15.2. The molecule has 0 bridgehead atoms. The number of benzene rings is 2. The van der Waals surface area contributed by atoms with Crippen LogP contribution in [-0.2, 0) is 6.61 Å². The number of rotatable bonds is 8. The number of ether oxygens (including phenoxy) is 3. The zero-order valence-electron chi connectivity index (χ0n) is 17.5. The molecule has 4 rings (SSSR count). The number of carbonyl (C=O) groups is 1. The average molecular weight is 418 g/mol. The van der Waals surface area contributed by atoms with Crippen LogP contribution in [0.25, 0.3) is 0 Å². The number of anilines is 1. The van der Waals surface area contributed by atoms with Gasteiger partial charge in [0.1, 0.15) is 12.4 Å². The van der Waals surface area contributed by atoms with Gasteiger partial charge in [0.05, 0.1) is 18.9 Å². The quantitative estimate of drug-likeness (QED) is 0.542. The van der Waals surface area contributed by atoms with Crippen molar-refractivity contribution in [3.05, 3.63) is 78.1 Å². The summed E-state index contributed by atoms with van der Waals surface area (Å²) in [5.74, 6) is 1.66. The van der Waals surface area contributed by atoms with Crippen LogP contribution in [0.1, 0.15) is 41.7 Å². The van der Waals surface area contributed by atoms with Gasteiger partial charge in [0.2, 0.25) is 0 Å². The van der Waals surface area contributed by atoms with Crippen LogP contribution in [0.2, 0.25) is 0 Å². The summed E-state index contributed by atoms with van der Waals surface area (Å²) in [6, 6.07) is 18.2. The summed E-state index contributed by atoms with van der Waals surface area (Å²) in [5.41, 5.74) is 1.98. The Kier molecular flexibility index (Phi) is 6.67. The van der Waals surface area contributed by atoms with Gasteiger partial charge in [-0.1, -0.05) is 12.1 Å². The lowest BCUT2D eigenvalue weighted by Gasteiger charge is -2.16. The van der Waals surface area contributed by atoms with E-state index in [9.17, 15) is 4.79 Å². The molecule has 1 aliphatic rings. The minimum absolute atomic E-state index is 0.224. The van der Waals surface area contributed by atoms with Gasteiger partial charge in [0, 0.05) is 23.5 Å². The topological polar surface area (TPSA) is 69.7 Å². The van der Waals surface area contributed by atoms with Gasteiger partial charge in [0.25, 0.3) is 5.91 Å². The van der Waals surface area contributed by atoms with E-state index in [1.165, 1.54) is 12.8 Å². The third kappa shape index (κ3) is 5.54. The van der Waals surface area contributed by atoms with E-state index in [4.69, 9.17) is 14.2 Å². The second-order valence-corrected chi connectivity index (χ2v) is 7.48. The van der Waals surface area contributed by atoms with Crippen LogP contribution in [0.5, 0.6) is 17.2 Å². The van der Waals surface area contributed by atoms with Gasteiger partial charge in [0.15, 0.2) is 11.5 Å². The smallest absolute Gasteiger partial charge is 0.255 e. The maximum absolute atomic E-state index is 12.8. The summed E-state index contributed by atoms with van der Waals surface area (Å²) in [5, 5.41) is 2.91. The lowest BCUT2D eigenvalue weighted by atomic mass is 10.1. The molecule has 0 radical (unpaired) electrons. The molecule has 31 heavy (non-hydrogen) atoms. The van der Waals surface area contributed by atoms with Crippen LogP contribution in [0.15, 0.2) is 66.9 Å². The van der Waals surface area contributed by atoms with Crippen molar-refractivity contribution in [3.8, 4) is 17.2 Å². The van der Waals surface area contributed by atoms with Crippen LogP contribution in [0, 0.1) is 0 Å². The third-order valence-corrected chi connectivity index (χ3v) is 5.23. The maximum atomic E-state index is 12.8. The van der Waals surface area contributed by atoms with E-state index >= 15 is 0 Å². The normalized spacial score (nSPS) is 13.6. The van der Waals surface area contributed by atoms with Crippen molar-refractivity contribution < 1.29 is 19.0 Å². The molecule has 160 valence electrons. The van der Waals surface area contributed by atoms with Gasteiger partial charge in [-0.2, -0.15) is 0 Å². The lowest BCUT2D eigenvalue weighted by Crippen LogP contribution is -2.14. The molecule has 1 heterocycles. The largest absolute Gasteiger partial charge is 0.493 e. The van der Waals surface area contributed by atoms with Crippen molar-refractivity contribution in [2.24, 2.45) is 0 Å². The Labute approximate surface area is 182 Å². The Morgan fingerprint density at radius 1 is 1.03 bits per heavy atom. The van der Waals surface area contributed by atoms with Crippen molar-refractivity contribution in [1.29, 1.82) is 0 Å². The predicted molar refractivity (Wildman–Crippen MR) is 119 cm³/mol. The van der Waals surface area contributed by atoms with Crippen LogP contribution < -0.4 is 19.5 Å². The average Bonchev–Trinajstić information content (AvgIpc) is 3.32. The molecule has 1 amide bonds. The second-order valence-electron chi connectivity index (χ2n) is 7.48. The predicted octanol–water partition coefficient (Wildman–Crippen LogP) is 5.24. The zero-order chi connectivity index (χ0) is 21.5. The van der Waals surface area contributed by atoms with Crippen LogP contribution >= 0.6 is 0 Å². The van der Waals surface area contributed by atoms with Crippen LogP contribution in [0.3, 0.4) is 0 Å². The third-order valence-electron chi connectivity index (χ3n) is 5.23. The zero-order valence-corrected chi connectivity index (χ0v) is 17.5. The molecule has 0 atom stereocenters. The Hall–Kier alpha value is -3.54. The number of aromatic nitrogens is 1. The molecule has 0 saturated heterocycles. The van der Waals surface area contributed by atoms with Gasteiger partial charge in [-0.3, -0.25) is 9.78 Å². The minimum Gasteiger partial charge on any atom is -0.493 e. The number of nitrogens with zero attached hydrogens (tertiary/aromatic N) is 1. The molecule has 1 aromatic heterocycles. The molecule has 2 aromatic carbocycles. The van der Waals surface area contributed by atoms with Crippen LogP contribution in [-0.4, -0.2) is 24.1 Å². The summed E-state index contributed by atoms with van der Waals surface area (Å²) in [4.78, 5) is 17.0. The summed E-state index contributed by atoms with van der Waals surface area (Å²) >= 11 is 0. The minimum atomic E-state index is -0.229. The highest BCUT2D eigenvalue weighted by molar-refractivity contribution is 6.04. The molecule has 1 aliphatic carbocycles. The fourth-order valence-corrected chi connectivity index (χ4v) is 3.60. The fraction of sp³-hybridized carbons (Fsp3) is 0.280. The molecule has 6 heteroatoms. The van der Waals surface area contributed by atoms with Gasteiger partial charge < -0.3 is 19.5 Å². The second kappa shape index (κ2) is 9.98. The number of carbonyl (C=O) groups excluding carboxylic acids is 1. The standard InChI is InChI=1S/C25H26N2O4/c1-29-24-15-18(12-13-23(24)31-21-9-2-3-10-21)25(28)27-19-8-6-11-22(16-19)30-17-20-7-4-5-14-26-20/h4-8,11-16,21H,2-3,9-10,17H2,1H3,(H,27,28). The van der Waals surface area contributed by atoms with Gasteiger partial charge >= 0.3 is 0 Å². The highest BCUT2D eigenvalue weighted by Crippen LogP contribution is 2.32. The summed E-state index contributed by atoms with van der Waals surface area (Å²) in [6.07, 6.45) is 6.46. The van der Waals surface area contributed by atoms with E-state index in [1.54, 1.807) is 37.6 Å². The van der Waals surface area contributed by atoms with E-state index in [1.807, 2.05) is 36.4 Å². The number of hydrogen-bond acceptors (Lipinski definition) is 5. The Morgan fingerprint density at radius 3 is 2.68 bits per heavy atom. The highest BCUT2D eigenvalue weighted by atomic mass is 16.5. The van der Waals surface area contributed by atoms with E-state index in [2.05, 4.69) is 10.3 Å². The van der Waals surface area contributed by atoms with Gasteiger partial charge in [-0.05, 0) is 68.1 Å². The molecular weight excluding hydrogens is 392 g/mol. The van der Waals surface area contributed by atoms with Gasteiger partial charge in [-0.25, -0.2) is 0 Å². The molecule has 0 unspecified atom stereocenters. The van der Waals surface area contributed by atoms with E-state index in [-0.39, 0.29) is 12.0 Å². The molecule has 1 N–H and O–H groups in total. The summed E-state index contributed by atoms with van der Waals surface area (Å²) in [7, 11) is 1.58. The molecule has 1 fully saturated rings. The van der Waals surface area contributed by atoms with Crippen molar-refractivity contribution in [2.45, 2.75) is 38.4 Å².